The van der Waals surface area contributed by atoms with Crippen molar-refractivity contribution in [2.45, 2.75) is 0 Å². The fourth-order valence-electron chi connectivity index (χ4n) is 0.506. The molecule has 0 amide bonds. The molecule has 0 aliphatic rings. The molecule has 2 N–H and O–H groups in total. The maximum Gasteiger partial charge on any atom is 0.338 e. The lowest BCUT2D eigenvalue weighted by atomic mass is 10.3. The molecular formula is C5H4N2O2S. The minimum Gasteiger partial charge on any atom is -0.478 e. The van der Waals surface area contributed by atoms with Gasteiger partial charge in [0.15, 0.2) is 0 Å². The number of carboxylic acid groups (broad SMARTS) is 1. The first-order chi connectivity index (χ1) is 4.72. The standard InChI is InChI=1S/C5H4N2O2S/c8-5(9)3-1-6-7-2-4(3)10/h1-2H,(H,6,10)(H,8,9). The van der Waals surface area contributed by atoms with Crippen LogP contribution in [-0.4, -0.2) is 21.3 Å². The third-order valence-electron chi connectivity index (χ3n) is 0.961. The first-order valence-corrected chi connectivity index (χ1v) is 2.89. The average Bonchev–Trinajstić information content (AvgIpc) is 1.88. The summed E-state index contributed by atoms with van der Waals surface area (Å²) in [5.74, 6) is -1.04. The highest BCUT2D eigenvalue weighted by atomic mass is 32.1. The summed E-state index contributed by atoms with van der Waals surface area (Å²) in [5.41, 5.74) is 0.0741. The number of hydrogen-bond acceptors (Lipinski definition) is 3. The van der Waals surface area contributed by atoms with Crippen molar-refractivity contribution in [2.24, 2.45) is 0 Å². The number of nitrogens with one attached hydrogen (secondary N) is 1. The maximum absolute atomic E-state index is 10.3. The SMILES string of the molecule is O=C(O)c1c[nH]ncc1=S. The van der Waals surface area contributed by atoms with Gasteiger partial charge in [-0.25, -0.2) is 4.79 Å². The molecule has 5 heteroatoms. The van der Waals surface area contributed by atoms with E-state index >= 15 is 0 Å². The lowest BCUT2D eigenvalue weighted by molar-refractivity contribution is 0.0695. The summed E-state index contributed by atoms with van der Waals surface area (Å²) in [6.07, 6.45) is 2.55. The van der Waals surface area contributed by atoms with Crippen LogP contribution in [0.15, 0.2) is 12.4 Å². The van der Waals surface area contributed by atoms with E-state index in [1.165, 1.54) is 12.4 Å². The number of aromatic nitrogens is 2. The second kappa shape index (κ2) is 2.57. The molecule has 52 valence electrons. The van der Waals surface area contributed by atoms with E-state index in [-0.39, 0.29) is 10.1 Å². The van der Waals surface area contributed by atoms with Crippen molar-refractivity contribution >= 4 is 18.2 Å². The van der Waals surface area contributed by atoms with Gasteiger partial charge in [0.1, 0.15) is 0 Å². The Morgan fingerprint density at radius 1 is 1.80 bits per heavy atom. The van der Waals surface area contributed by atoms with Crippen LogP contribution in [-0.2, 0) is 0 Å². The smallest absolute Gasteiger partial charge is 0.338 e. The molecule has 0 aliphatic heterocycles. The van der Waals surface area contributed by atoms with E-state index in [2.05, 4.69) is 22.4 Å². The van der Waals surface area contributed by atoms with Crippen LogP contribution < -0.4 is 0 Å². The molecule has 0 saturated heterocycles. The predicted molar refractivity (Wildman–Crippen MR) is 36.4 cm³/mol. The monoisotopic (exact) mass is 156 g/mol. The van der Waals surface area contributed by atoms with E-state index < -0.39 is 5.97 Å². The van der Waals surface area contributed by atoms with Crippen LogP contribution >= 0.6 is 12.2 Å². The predicted octanol–water partition coefficient (Wildman–Crippen LogP) is 0.837. The zero-order valence-electron chi connectivity index (χ0n) is 4.87. The molecule has 0 fully saturated rings. The average molecular weight is 156 g/mol. The van der Waals surface area contributed by atoms with Gasteiger partial charge in [0.2, 0.25) is 0 Å². The molecule has 0 bridgehead atoms. The molecule has 0 unspecified atom stereocenters. The van der Waals surface area contributed by atoms with E-state index in [9.17, 15) is 4.79 Å². The zero-order valence-corrected chi connectivity index (χ0v) is 5.68. The van der Waals surface area contributed by atoms with Crippen molar-refractivity contribution in [3.05, 3.63) is 22.5 Å². The fourth-order valence-corrected chi connectivity index (χ4v) is 0.704. The number of aromatic carboxylic acids is 1. The molecule has 1 heterocycles. The summed E-state index contributed by atoms with van der Waals surface area (Å²) < 4.78 is 0.242. The first kappa shape index (κ1) is 6.88. The van der Waals surface area contributed by atoms with Crippen molar-refractivity contribution in [3.63, 3.8) is 0 Å². The van der Waals surface area contributed by atoms with Crippen molar-refractivity contribution < 1.29 is 9.90 Å². The van der Waals surface area contributed by atoms with Crippen LogP contribution in [0.1, 0.15) is 10.4 Å². The Kier molecular flexibility index (Phi) is 1.77. The van der Waals surface area contributed by atoms with Crippen LogP contribution in [0.25, 0.3) is 0 Å². The van der Waals surface area contributed by atoms with Crippen molar-refractivity contribution in [1.29, 1.82) is 0 Å². The molecule has 1 aromatic rings. The zero-order chi connectivity index (χ0) is 7.56. The summed E-state index contributed by atoms with van der Waals surface area (Å²) in [5, 5.41) is 14.4. The largest absolute Gasteiger partial charge is 0.478 e. The highest BCUT2D eigenvalue weighted by molar-refractivity contribution is 7.71. The molecule has 0 aromatic carbocycles. The lowest BCUT2D eigenvalue weighted by Gasteiger charge is -1.89. The van der Waals surface area contributed by atoms with Crippen LogP contribution in [0, 0.1) is 4.51 Å². The van der Waals surface area contributed by atoms with E-state index in [0.29, 0.717) is 0 Å². The maximum atomic E-state index is 10.3. The number of hydrogen-bond donors (Lipinski definition) is 2. The molecule has 4 nitrogen and oxygen atoms in total. The van der Waals surface area contributed by atoms with Gasteiger partial charge in [-0.3, -0.25) is 5.10 Å². The van der Waals surface area contributed by atoms with Crippen molar-refractivity contribution in [1.82, 2.24) is 10.2 Å². The Morgan fingerprint density at radius 2 is 2.50 bits per heavy atom. The second-order valence-electron chi connectivity index (χ2n) is 1.61. The third-order valence-corrected chi connectivity index (χ3v) is 1.29. The minimum absolute atomic E-state index is 0.0741. The summed E-state index contributed by atoms with van der Waals surface area (Å²) in [6.45, 7) is 0. The number of carbonyl (C=O) groups is 1. The van der Waals surface area contributed by atoms with Gasteiger partial charge < -0.3 is 5.11 Å². The number of H-pyrrole nitrogens is 1. The van der Waals surface area contributed by atoms with Gasteiger partial charge in [0, 0.05) is 6.20 Å². The number of aromatic amines is 1. The quantitative estimate of drug-likeness (QED) is 0.591. The van der Waals surface area contributed by atoms with Crippen LogP contribution in [0.2, 0.25) is 0 Å². The van der Waals surface area contributed by atoms with E-state index in [1.54, 1.807) is 0 Å². The van der Waals surface area contributed by atoms with E-state index in [1.807, 2.05) is 0 Å². The van der Waals surface area contributed by atoms with Crippen LogP contribution in [0.5, 0.6) is 0 Å². The molecule has 0 saturated carbocycles. The van der Waals surface area contributed by atoms with Crippen molar-refractivity contribution in [3.8, 4) is 0 Å². The topological polar surface area (TPSA) is 66.0 Å². The Hall–Kier alpha value is -1.23. The molecule has 0 spiro atoms. The summed E-state index contributed by atoms with van der Waals surface area (Å²) in [7, 11) is 0. The Labute approximate surface area is 61.5 Å². The molecule has 1 aromatic heterocycles. The molecule has 10 heavy (non-hydrogen) atoms. The minimum atomic E-state index is -1.04. The van der Waals surface area contributed by atoms with Gasteiger partial charge in [-0.05, 0) is 0 Å². The van der Waals surface area contributed by atoms with Gasteiger partial charge in [-0.15, -0.1) is 0 Å². The van der Waals surface area contributed by atoms with E-state index in [0.717, 1.165) is 0 Å². The molecule has 0 aliphatic carbocycles. The van der Waals surface area contributed by atoms with Crippen molar-refractivity contribution in [2.75, 3.05) is 0 Å². The summed E-state index contributed by atoms with van der Waals surface area (Å²) in [4.78, 5) is 10.3. The van der Waals surface area contributed by atoms with Gasteiger partial charge in [0.05, 0.1) is 16.3 Å². The summed E-state index contributed by atoms with van der Waals surface area (Å²) in [6, 6.07) is 0. The fraction of sp³-hybridized carbons (Fsp3) is 0. The Bertz CT molecular complexity index is 307. The molecule has 1 rings (SSSR count). The highest BCUT2D eigenvalue weighted by Gasteiger charge is 2.02. The number of carboxylic acids is 1. The first-order valence-electron chi connectivity index (χ1n) is 2.48. The van der Waals surface area contributed by atoms with Crippen LogP contribution in [0.3, 0.4) is 0 Å². The highest BCUT2D eigenvalue weighted by Crippen LogP contribution is 1.96. The summed E-state index contributed by atoms with van der Waals surface area (Å²) >= 11 is 4.66. The lowest BCUT2D eigenvalue weighted by Crippen LogP contribution is -1.98. The number of nitrogens with zero attached hydrogens (tertiary/aromatic N) is 1. The van der Waals surface area contributed by atoms with Gasteiger partial charge >= 0.3 is 5.97 Å². The normalized spacial score (nSPS) is 9.20. The second-order valence-corrected chi connectivity index (χ2v) is 2.05. The Morgan fingerprint density at radius 3 is 2.90 bits per heavy atom. The van der Waals surface area contributed by atoms with Crippen LogP contribution in [0.4, 0.5) is 0 Å². The Balaban J connectivity index is 3.29. The third kappa shape index (κ3) is 1.19. The van der Waals surface area contributed by atoms with Gasteiger partial charge in [0.25, 0.3) is 0 Å². The van der Waals surface area contributed by atoms with Gasteiger partial charge in [-0.1, -0.05) is 12.2 Å². The van der Waals surface area contributed by atoms with Gasteiger partial charge in [-0.2, -0.15) is 5.10 Å². The molecule has 0 atom stereocenters. The number of rotatable bonds is 1. The molecule has 0 radical (unpaired) electrons. The van der Waals surface area contributed by atoms with E-state index in [4.69, 9.17) is 5.11 Å². The molecular weight excluding hydrogens is 152 g/mol.